The molecule has 140 valence electrons. The highest BCUT2D eigenvalue weighted by Crippen LogP contribution is 2.27. The van der Waals surface area contributed by atoms with Crippen molar-refractivity contribution in [2.75, 3.05) is 38.0 Å². The molecule has 4 nitrogen and oxygen atoms in total. The molecule has 0 spiro atoms. The molecule has 0 radical (unpaired) electrons. The minimum atomic E-state index is 0.764. The normalized spacial score (nSPS) is 14.0. The van der Waals surface area contributed by atoms with Crippen LogP contribution in [0.3, 0.4) is 0 Å². The summed E-state index contributed by atoms with van der Waals surface area (Å²) in [6.07, 6.45) is 0. The summed E-state index contributed by atoms with van der Waals surface area (Å²) >= 11 is 0. The lowest BCUT2D eigenvalue weighted by Gasteiger charge is -2.12. The first kappa shape index (κ1) is 18.0. The smallest absolute Gasteiger partial charge is 0.161 e. The van der Waals surface area contributed by atoms with Gasteiger partial charge in [0.25, 0.3) is 0 Å². The van der Waals surface area contributed by atoms with E-state index >= 15 is 0 Å². The van der Waals surface area contributed by atoms with Crippen LogP contribution in [-0.4, -0.2) is 39.7 Å². The van der Waals surface area contributed by atoms with Crippen molar-refractivity contribution < 1.29 is 0 Å². The Balaban J connectivity index is 1.74. The van der Waals surface area contributed by atoms with E-state index in [9.17, 15) is 0 Å². The maximum atomic E-state index is 4.90. The highest BCUT2D eigenvalue weighted by Gasteiger charge is 2.22. The lowest BCUT2D eigenvalue weighted by molar-refractivity contribution is 1.13. The van der Waals surface area contributed by atoms with Crippen molar-refractivity contribution in [2.45, 2.75) is 0 Å². The monoisotopic (exact) mass is 368 g/mol. The van der Waals surface area contributed by atoms with Crippen LogP contribution in [0.5, 0.6) is 0 Å². The molecule has 0 N–H and O–H groups in total. The number of aliphatic imine (C=N–C) groups is 2. The zero-order valence-electron chi connectivity index (χ0n) is 16.7. The van der Waals surface area contributed by atoms with Crippen LogP contribution < -0.4 is 9.80 Å². The number of nitrogens with zero attached hydrogens (tertiary/aromatic N) is 4. The van der Waals surface area contributed by atoms with Gasteiger partial charge >= 0.3 is 0 Å². The van der Waals surface area contributed by atoms with E-state index < -0.39 is 0 Å². The predicted molar refractivity (Wildman–Crippen MR) is 120 cm³/mol. The van der Waals surface area contributed by atoms with E-state index in [0.29, 0.717) is 0 Å². The quantitative estimate of drug-likeness (QED) is 0.665. The lowest BCUT2D eigenvalue weighted by Crippen LogP contribution is -2.09. The number of rotatable bonds is 4. The Morgan fingerprint density at radius 3 is 1.75 bits per heavy atom. The van der Waals surface area contributed by atoms with Gasteiger partial charge in [0.05, 0.1) is 11.4 Å². The average Bonchev–Trinajstić information content (AvgIpc) is 3.07. The molecule has 28 heavy (non-hydrogen) atoms. The molecule has 0 saturated carbocycles. The largest absolute Gasteiger partial charge is 0.378 e. The molecule has 0 atom stereocenters. The van der Waals surface area contributed by atoms with Gasteiger partial charge in [0, 0.05) is 56.3 Å². The molecule has 4 heteroatoms. The van der Waals surface area contributed by atoms with Gasteiger partial charge in [-0.1, -0.05) is 36.4 Å². The molecule has 3 aromatic rings. The summed E-state index contributed by atoms with van der Waals surface area (Å²) in [4.78, 5) is 13.9. The zero-order chi connectivity index (χ0) is 19.7. The average molecular weight is 368 g/mol. The van der Waals surface area contributed by atoms with E-state index in [1.165, 1.54) is 5.69 Å². The first-order valence-electron chi connectivity index (χ1n) is 9.35. The molecule has 0 unspecified atom stereocenters. The third-order valence-corrected chi connectivity index (χ3v) is 4.90. The number of benzene rings is 3. The minimum Gasteiger partial charge on any atom is -0.378 e. The van der Waals surface area contributed by atoms with Gasteiger partial charge in [-0.15, -0.1) is 0 Å². The molecule has 3 aromatic carbocycles. The molecule has 0 saturated heterocycles. The van der Waals surface area contributed by atoms with Crippen LogP contribution in [0.25, 0.3) is 0 Å². The van der Waals surface area contributed by atoms with Crippen LogP contribution >= 0.6 is 0 Å². The van der Waals surface area contributed by atoms with Gasteiger partial charge in [-0.2, -0.15) is 0 Å². The van der Waals surface area contributed by atoms with Gasteiger partial charge in [-0.05, 0) is 36.4 Å². The highest BCUT2D eigenvalue weighted by molar-refractivity contribution is 6.29. The minimum absolute atomic E-state index is 0.764. The summed E-state index contributed by atoms with van der Waals surface area (Å²) in [7, 11) is 8.16. The Kier molecular flexibility index (Phi) is 4.70. The first-order valence-corrected chi connectivity index (χ1v) is 9.35. The second-order valence-electron chi connectivity index (χ2n) is 7.29. The summed E-state index contributed by atoms with van der Waals surface area (Å²) in [5.41, 5.74) is 7.51. The van der Waals surface area contributed by atoms with E-state index in [-0.39, 0.29) is 0 Å². The van der Waals surface area contributed by atoms with Crippen LogP contribution in [0.4, 0.5) is 17.1 Å². The van der Waals surface area contributed by atoms with Crippen molar-refractivity contribution in [3.63, 3.8) is 0 Å². The van der Waals surface area contributed by atoms with Crippen LogP contribution in [-0.2, 0) is 0 Å². The van der Waals surface area contributed by atoms with Gasteiger partial charge in [0.2, 0.25) is 0 Å². The fourth-order valence-corrected chi connectivity index (χ4v) is 3.28. The Morgan fingerprint density at radius 1 is 0.643 bits per heavy atom. The van der Waals surface area contributed by atoms with E-state index in [4.69, 9.17) is 9.98 Å². The van der Waals surface area contributed by atoms with Crippen molar-refractivity contribution >= 4 is 28.6 Å². The highest BCUT2D eigenvalue weighted by atomic mass is 15.1. The Bertz CT molecular complexity index is 1040. The summed E-state index contributed by atoms with van der Waals surface area (Å²) in [5, 5.41) is 0. The Hall–Kier alpha value is -3.40. The van der Waals surface area contributed by atoms with Crippen LogP contribution in [0.15, 0.2) is 82.8 Å². The molecule has 0 fully saturated rings. The maximum absolute atomic E-state index is 4.90. The number of fused-ring (bicyclic) bond motifs is 1. The number of hydrogen-bond donors (Lipinski definition) is 0. The maximum Gasteiger partial charge on any atom is 0.161 e. The van der Waals surface area contributed by atoms with E-state index in [0.717, 1.165) is 39.6 Å². The number of hydrogen-bond acceptors (Lipinski definition) is 3. The lowest BCUT2D eigenvalue weighted by atomic mass is 10.00. The van der Waals surface area contributed by atoms with Gasteiger partial charge < -0.3 is 9.80 Å². The second kappa shape index (κ2) is 7.31. The molecule has 4 rings (SSSR count). The van der Waals surface area contributed by atoms with E-state index in [2.05, 4.69) is 64.4 Å². The predicted octanol–water partition coefficient (Wildman–Crippen LogP) is 4.75. The van der Waals surface area contributed by atoms with Gasteiger partial charge in [-0.25, -0.2) is 9.98 Å². The number of amidine groups is 1. The molecule has 0 aromatic heterocycles. The fraction of sp³-hybridized carbons (Fsp3) is 0.167. The summed E-state index contributed by atoms with van der Waals surface area (Å²) in [6, 6.07) is 25.0. The van der Waals surface area contributed by atoms with Crippen LogP contribution in [0, 0.1) is 0 Å². The van der Waals surface area contributed by atoms with Crippen molar-refractivity contribution in [3.8, 4) is 0 Å². The summed E-state index contributed by atoms with van der Waals surface area (Å²) in [5.74, 6) is 0.764. The molecule has 0 amide bonds. The zero-order valence-corrected chi connectivity index (χ0v) is 16.7. The van der Waals surface area contributed by atoms with Crippen LogP contribution in [0.2, 0.25) is 0 Å². The first-order chi connectivity index (χ1) is 13.5. The van der Waals surface area contributed by atoms with E-state index in [1.807, 2.05) is 46.4 Å². The molecular formula is C24H24N4. The molecule has 0 bridgehead atoms. The molecular weight excluding hydrogens is 344 g/mol. The third kappa shape index (κ3) is 3.41. The second-order valence-corrected chi connectivity index (χ2v) is 7.29. The van der Waals surface area contributed by atoms with Gasteiger partial charge in [0.1, 0.15) is 0 Å². The Labute approximate surface area is 166 Å². The van der Waals surface area contributed by atoms with Crippen molar-refractivity contribution in [1.82, 2.24) is 0 Å². The van der Waals surface area contributed by atoms with Crippen molar-refractivity contribution in [2.24, 2.45) is 9.98 Å². The van der Waals surface area contributed by atoms with Crippen LogP contribution in [0.1, 0.15) is 16.7 Å². The molecule has 1 aliphatic heterocycles. The van der Waals surface area contributed by atoms with Gasteiger partial charge in [0.15, 0.2) is 5.84 Å². The SMILES string of the molecule is CN(C)c1ccc(N=C2N=C(c3ccc(N(C)C)cc3)c3ccccc32)cc1. The van der Waals surface area contributed by atoms with Crippen molar-refractivity contribution in [3.05, 3.63) is 89.5 Å². The topological polar surface area (TPSA) is 31.2 Å². The third-order valence-electron chi connectivity index (χ3n) is 4.90. The fourth-order valence-electron chi connectivity index (χ4n) is 3.28. The molecule has 1 aliphatic rings. The molecule has 0 aliphatic carbocycles. The summed E-state index contributed by atoms with van der Waals surface area (Å²) in [6.45, 7) is 0. The Morgan fingerprint density at radius 2 is 1.18 bits per heavy atom. The summed E-state index contributed by atoms with van der Waals surface area (Å²) < 4.78 is 0. The standard InChI is InChI=1S/C24H24N4/c1-27(2)19-13-9-17(10-14-19)23-21-7-5-6-8-22(21)24(26-23)25-18-11-15-20(16-12-18)28(3)4/h5-16H,1-4H3. The van der Waals surface area contributed by atoms with Crippen molar-refractivity contribution in [1.29, 1.82) is 0 Å². The molecule has 1 heterocycles. The number of anilines is 2. The van der Waals surface area contributed by atoms with Gasteiger partial charge in [-0.3, -0.25) is 0 Å². The van der Waals surface area contributed by atoms with E-state index in [1.54, 1.807) is 0 Å².